The Bertz CT molecular complexity index is 213. The minimum atomic E-state index is 0.357. The Hall–Kier alpha value is -0.0800. The molecule has 0 N–H and O–H groups in total. The van der Waals surface area contributed by atoms with Crippen LogP contribution in [0.15, 0.2) is 0 Å². The van der Waals surface area contributed by atoms with Crippen LogP contribution in [0.1, 0.15) is 40.5 Å². The van der Waals surface area contributed by atoms with Crippen LogP contribution in [0.4, 0.5) is 0 Å². The van der Waals surface area contributed by atoms with E-state index >= 15 is 0 Å². The average Bonchev–Trinajstić information content (AvgIpc) is 2.83. The summed E-state index contributed by atoms with van der Waals surface area (Å²) in [5.41, 5.74) is 0.919. The molecule has 2 heteroatoms. The lowest BCUT2D eigenvalue weighted by molar-refractivity contribution is -0.00240. The molecule has 0 atom stereocenters. The fraction of sp³-hybridized carbons (Fsp3) is 1.00. The number of hydrogen-bond donors (Lipinski definition) is 0. The third kappa shape index (κ3) is 1.70. The maximum Gasteiger partial charge on any atom is 0.0343 e. The van der Waals surface area contributed by atoms with E-state index in [0.29, 0.717) is 11.1 Å². The van der Waals surface area contributed by atoms with Gasteiger partial charge in [-0.2, -0.15) is 0 Å². The highest BCUT2D eigenvalue weighted by Crippen LogP contribution is 2.47. The molecular weight excluding hydrogens is 172 g/mol. The summed E-state index contributed by atoms with van der Waals surface area (Å²) < 4.78 is 0. The summed E-state index contributed by atoms with van der Waals surface area (Å²) in [5.74, 6) is 0. The summed E-state index contributed by atoms with van der Waals surface area (Å²) in [7, 11) is 0. The van der Waals surface area contributed by atoms with Crippen molar-refractivity contribution in [1.29, 1.82) is 0 Å². The van der Waals surface area contributed by atoms with E-state index in [1.54, 1.807) is 0 Å². The lowest BCUT2D eigenvalue weighted by Crippen LogP contribution is -2.60. The second kappa shape index (κ2) is 3.21. The number of piperazine rings is 1. The molecule has 0 unspecified atom stereocenters. The molecule has 0 radical (unpaired) electrons. The Balaban J connectivity index is 2.08. The molecular formula is C12H24N2. The normalized spacial score (nSPS) is 28.3. The van der Waals surface area contributed by atoms with E-state index in [4.69, 9.17) is 0 Å². The fourth-order valence-electron chi connectivity index (χ4n) is 2.95. The van der Waals surface area contributed by atoms with Gasteiger partial charge < -0.3 is 4.90 Å². The maximum absolute atomic E-state index is 2.74. The second-order valence-corrected chi connectivity index (χ2v) is 5.92. The molecule has 2 fully saturated rings. The average molecular weight is 196 g/mol. The van der Waals surface area contributed by atoms with Gasteiger partial charge in [-0.05, 0) is 40.2 Å². The largest absolute Gasteiger partial charge is 0.300 e. The number of hydrogen-bond acceptors (Lipinski definition) is 2. The standard InChI is InChI=1S/C12H24N2/c1-5-13-8-9-14(11(2,3)4)12(10-13)6-7-12/h5-10H2,1-4H3. The summed E-state index contributed by atoms with van der Waals surface area (Å²) in [6, 6.07) is 0. The van der Waals surface area contributed by atoms with Gasteiger partial charge in [-0.15, -0.1) is 0 Å². The van der Waals surface area contributed by atoms with Gasteiger partial charge in [-0.25, -0.2) is 0 Å². The Morgan fingerprint density at radius 3 is 2.21 bits per heavy atom. The van der Waals surface area contributed by atoms with Crippen LogP contribution < -0.4 is 0 Å². The first-order chi connectivity index (χ1) is 6.48. The molecule has 0 aromatic rings. The van der Waals surface area contributed by atoms with E-state index in [9.17, 15) is 0 Å². The van der Waals surface area contributed by atoms with E-state index in [0.717, 1.165) is 0 Å². The van der Waals surface area contributed by atoms with E-state index in [1.165, 1.54) is 39.0 Å². The smallest absolute Gasteiger partial charge is 0.0343 e. The third-order valence-corrected chi connectivity index (χ3v) is 3.81. The van der Waals surface area contributed by atoms with Gasteiger partial charge in [0.1, 0.15) is 0 Å². The molecule has 0 aromatic heterocycles. The van der Waals surface area contributed by atoms with Crippen molar-refractivity contribution in [1.82, 2.24) is 9.80 Å². The van der Waals surface area contributed by atoms with Crippen LogP contribution in [0.3, 0.4) is 0 Å². The van der Waals surface area contributed by atoms with Gasteiger partial charge in [0, 0.05) is 30.7 Å². The molecule has 2 nitrogen and oxygen atoms in total. The van der Waals surface area contributed by atoms with Crippen molar-refractivity contribution in [2.45, 2.75) is 51.6 Å². The van der Waals surface area contributed by atoms with Gasteiger partial charge in [0.2, 0.25) is 0 Å². The molecule has 1 saturated heterocycles. The van der Waals surface area contributed by atoms with Crippen LogP contribution in [-0.2, 0) is 0 Å². The second-order valence-electron chi connectivity index (χ2n) is 5.92. The topological polar surface area (TPSA) is 6.48 Å². The summed E-state index contributed by atoms with van der Waals surface area (Å²) >= 11 is 0. The van der Waals surface area contributed by atoms with Crippen LogP contribution >= 0.6 is 0 Å². The number of likely N-dealkylation sites (N-methyl/N-ethyl adjacent to an activating group) is 1. The van der Waals surface area contributed by atoms with Crippen molar-refractivity contribution in [3.63, 3.8) is 0 Å². The van der Waals surface area contributed by atoms with Crippen molar-refractivity contribution in [2.24, 2.45) is 0 Å². The summed E-state index contributed by atoms with van der Waals surface area (Å²) in [4.78, 5) is 5.35. The van der Waals surface area contributed by atoms with Crippen LogP contribution in [-0.4, -0.2) is 47.1 Å². The number of nitrogens with zero attached hydrogens (tertiary/aromatic N) is 2. The Morgan fingerprint density at radius 2 is 1.79 bits per heavy atom. The zero-order valence-electron chi connectivity index (χ0n) is 10.1. The quantitative estimate of drug-likeness (QED) is 0.632. The molecule has 0 bridgehead atoms. The molecule has 1 heterocycles. The Labute approximate surface area is 88.3 Å². The monoisotopic (exact) mass is 196 g/mol. The van der Waals surface area contributed by atoms with Crippen molar-refractivity contribution in [3.05, 3.63) is 0 Å². The zero-order chi connectivity index (χ0) is 10.4. The zero-order valence-corrected chi connectivity index (χ0v) is 10.1. The summed E-state index contributed by atoms with van der Waals surface area (Å²) in [6.45, 7) is 14.4. The molecule has 0 aromatic carbocycles. The van der Waals surface area contributed by atoms with Crippen molar-refractivity contribution >= 4 is 0 Å². The molecule has 0 amide bonds. The Morgan fingerprint density at radius 1 is 1.14 bits per heavy atom. The molecule has 82 valence electrons. The first kappa shape index (κ1) is 10.4. The fourth-order valence-corrected chi connectivity index (χ4v) is 2.95. The molecule has 1 aliphatic heterocycles. The van der Waals surface area contributed by atoms with Gasteiger partial charge in [-0.3, -0.25) is 4.90 Å². The minimum absolute atomic E-state index is 0.357. The van der Waals surface area contributed by atoms with Gasteiger partial charge in [-0.1, -0.05) is 6.92 Å². The van der Waals surface area contributed by atoms with Gasteiger partial charge in [0.25, 0.3) is 0 Å². The van der Waals surface area contributed by atoms with Crippen LogP contribution in [0, 0.1) is 0 Å². The van der Waals surface area contributed by atoms with E-state index in [1.807, 2.05) is 0 Å². The van der Waals surface area contributed by atoms with Crippen LogP contribution in [0.5, 0.6) is 0 Å². The molecule has 1 spiro atoms. The third-order valence-electron chi connectivity index (χ3n) is 3.81. The predicted octanol–water partition coefficient (Wildman–Crippen LogP) is 1.95. The molecule has 1 aliphatic carbocycles. The van der Waals surface area contributed by atoms with Gasteiger partial charge in [0.15, 0.2) is 0 Å². The van der Waals surface area contributed by atoms with E-state index in [-0.39, 0.29) is 0 Å². The summed E-state index contributed by atoms with van der Waals surface area (Å²) in [6.07, 6.45) is 2.83. The molecule has 2 aliphatic rings. The highest BCUT2D eigenvalue weighted by Gasteiger charge is 2.53. The van der Waals surface area contributed by atoms with Gasteiger partial charge >= 0.3 is 0 Å². The number of rotatable bonds is 1. The lowest BCUT2D eigenvalue weighted by Gasteiger charge is -2.48. The molecule has 1 saturated carbocycles. The summed E-state index contributed by atoms with van der Waals surface area (Å²) in [5, 5.41) is 0. The SMILES string of the molecule is CCN1CCN(C(C)(C)C)C2(CC2)C1. The lowest BCUT2D eigenvalue weighted by atomic mass is 9.98. The highest BCUT2D eigenvalue weighted by molar-refractivity contribution is 5.11. The van der Waals surface area contributed by atoms with Crippen LogP contribution in [0.25, 0.3) is 0 Å². The molecule has 2 rings (SSSR count). The van der Waals surface area contributed by atoms with Gasteiger partial charge in [0.05, 0.1) is 0 Å². The Kier molecular flexibility index (Phi) is 2.39. The van der Waals surface area contributed by atoms with Crippen molar-refractivity contribution < 1.29 is 0 Å². The van der Waals surface area contributed by atoms with E-state index in [2.05, 4.69) is 37.5 Å². The molecule has 14 heavy (non-hydrogen) atoms. The van der Waals surface area contributed by atoms with E-state index < -0.39 is 0 Å². The predicted molar refractivity (Wildman–Crippen MR) is 60.5 cm³/mol. The van der Waals surface area contributed by atoms with Crippen molar-refractivity contribution in [2.75, 3.05) is 26.2 Å². The van der Waals surface area contributed by atoms with Crippen LogP contribution in [0.2, 0.25) is 0 Å². The van der Waals surface area contributed by atoms with Crippen molar-refractivity contribution in [3.8, 4) is 0 Å². The highest BCUT2D eigenvalue weighted by atomic mass is 15.4. The first-order valence-corrected chi connectivity index (χ1v) is 5.98. The minimum Gasteiger partial charge on any atom is -0.300 e. The first-order valence-electron chi connectivity index (χ1n) is 5.98. The maximum atomic E-state index is 2.74.